The minimum atomic E-state index is 0. The summed E-state index contributed by atoms with van der Waals surface area (Å²) in [6.45, 7) is 3.89. The molecule has 1 N–H and O–H groups in total. The molecule has 4 rings (SSSR count). The van der Waals surface area contributed by atoms with Gasteiger partial charge in [0.1, 0.15) is 0 Å². The molecule has 0 radical (unpaired) electrons. The lowest BCUT2D eigenvalue weighted by atomic mass is 9.92. The average molecular weight is 393 g/mol. The first-order chi connectivity index (χ1) is 12.3. The smallest absolute Gasteiger partial charge is 0.289 e. The van der Waals surface area contributed by atoms with E-state index >= 15 is 0 Å². The number of benzene rings is 1. The summed E-state index contributed by atoms with van der Waals surface area (Å²) in [5, 5.41) is 3.48. The summed E-state index contributed by atoms with van der Waals surface area (Å²) in [5.41, 5.74) is 0.991. The summed E-state index contributed by atoms with van der Waals surface area (Å²) >= 11 is 1.74. The van der Waals surface area contributed by atoms with Crippen molar-refractivity contribution in [1.82, 2.24) is 10.2 Å². The molecule has 140 valence electrons. The van der Waals surface area contributed by atoms with Gasteiger partial charge in [0.15, 0.2) is 5.76 Å². The molecule has 0 spiro atoms. The molecule has 4 nitrogen and oxygen atoms in total. The molecule has 3 heterocycles. The summed E-state index contributed by atoms with van der Waals surface area (Å²) in [6, 6.07) is 12.2. The molecule has 0 bridgehead atoms. The van der Waals surface area contributed by atoms with E-state index in [2.05, 4.69) is 17.4 Å². The van der Waals surface area contributed by atoms with E-state index in [0.29, 0.717) is 5.76 Å². The summed E-state index contributed by atoms with van der Waals surface area (Å²) in [4.78, 5) is 16.2. The standard InChI is InChI=1S/C20H24N2O2S.ClH/c23-20(22-9-6-15-12-21-13-16(15)7-10-22)19-17(8-11-24-19)14-25-18-4-2-1-3-5-18;/h1-5,8,11,15-16,21H,6-7,9-10,12-14H2;1H/t15-,16+;. The number of rotatable bonds is 4. The van der Waals surface area contributed by atoms with E-state index in [9.17, 15) is 4.79 Å². The van der Waals surface area contributed by atoms with Crippen molar-refractivity contribution >= 4 is 30.1 Å². The zero-order chi connectivity index (χ0) is 17.1. The van der Waals surface area contributed by atoms with Gasteiger partial charge in [-0.15, -0.1) is 24.2 Å². The van der Waals surface area contributed by atoms with Crippen LogP contribution in [0.4, 0.5) is 0 Å². The molecule has 1 amide bonds. The monoisotopic (exact) mass is 392 g/mol. The quantitative estimate of drug-likeness (QED) is 0.797. The van der Waals surface area contributed by atoms with Gasteiger partial charge in [0.25, 0.3) is 5.91 Å². The SMILES string of the molecule is Cl.O=C(c1occc1CSc1ccccc1)N1CC[C@@H]2CNC[C@@H]2CC1. The van der Waals surface area contributed by atoms with Crippen LogP contribution in [0.3, 0.4) is 0 Å². The van der Waals surface area contributed by atoms with E-state index < -0.39 is 0 Å². The van der Waals surface area contributed by atoms with E-state index in [1.54, 1.807) is 18.0 Å². The molecule has 0 aliphatic carbocycles. The van der Waals surface area contributed by atoms with Gasteiger partial charge in [-0.1, -0.05) is 18.2 Å². The van der Waals surface area contributed by atoms with Crippen molar-refractivity contribution in [3.63, 3.8) is 0 Å². The Morgan fingerprint density at radius 2 is 1.81 bits per heavy atom. The molecule has 2 atom stereocenters. The maximum absolute atomic E-state index is 13.0. The lowest BCUT2D eigenvalue weighted by molar-refractivity contribution is 0.0725. The number of hydrogen-bond donors (Lipinski definition) is 1. The van der Waals surface area contributed by atoms with Gasteiger partial charge in [-0.3, -0.25) is 4.79 Å². The maximum Gasteiger partial charge on any atom is 0.289 e. The third-order valence-corrected chi connectivity index (χ3v) is 6.45. The van der Waals surface area contributed by atoms with Crippen LogP contribution in [0.5, 0.6) is 0 Å². The molecule has 2 aliphatic rings. The lowest BCUT2D eigenvalue weighted by Crippen LogP contribution is -2.33. The number of nitrogens with one attached hydrogen (secondary N) is 1. The van der Waals surface area contributed by atoms with Crippen molar-refractivity contribution in [3.8, 4) is 0 Å². The first-order valence-electron chi connectivity index (χ1n) is 9.05. The van der Waals surface area contributed by atoms with Gasteiger partial charge in [0.2, 0.25) is 0 Å². The normalized spacial score (nSPS) is 22.4. The van der Waals surface area contributed by atoms with Crippen molar-refractivity contribution in [1.29, 1.82) is 0 Å². The molecule has 26 heavy (non-hydrogen) atoms. The van der Waals surface area contributed by atoms with E-state index in [4.69, 9.17) is 4.42 Å². The van der Waals surface area contributed by atoms with Crippen molar-refractivity contribution in [2.24, 2.45) is 11.8 Å². The fraction of sp³-hybridized carbons (Fsp3) is 0.450. The molecule has 0 saturated carbocycles. The average Bonchev–Trinajstić information content (AvgIpc) is 3.26. The number of amides is 1. The molecule has 2 aliphatic heterocycles. The number of halogens is 1. The van der Waals surface area contributed by atoms with E-state index in [1.165, 1.54) is 4.90 Å². The van der Waals surface area contributed by atoms with Gasteiger partial charge in [-0.2, -0.15) is 0 Å². The van der Waals surface area contributed by atoms with Crippen LogP contribution in [0.1, 0.15) is 29.0 Å². The van der Waals surface area contributed by atoms with Crippen LogP contribution in [0.25, 0.3) is 0 Å². The number of furan rings is 1. The van der Waals surface area contributed by atoms with Gasteiger partial charge in [-0.05, 0) is 56.0 Å². The Balaban J connectivity index is 0.00000196. The highest BCUT2D eigenvalue weighted by Gasteiger charge is 2.32. The Labute approximate surface area is 165 Å². The first-order valence-corrected chi connectivity index (χ1v) is 10.0. The fourth-order valence-electron chi connectivity index (χ4n) is 3.88. The van der Waals surface area contributed by atoms with Crippen LogP contribution in [0.2, 0.25) is 0 Å². The van der Waals surface area contributed by atoms with Crippen LogP contribution in [-0.4, -0.2) is 37.0 Å². The summed E-state index contributed by atoms with van der Waals surface area (Å²) in [7, 11) is 0. The van der Waals surface area contributed by atoms with E-state index in [0.717, 1.165) is 62.2 Å². The van der Waals surface area contributed by atoms with Crippen LogP contribution in [-0.2, 0) is 5.75 Å². The highest BCUT2D eigenvalue weighted by atomic mass is 35.5. The Bertz CT molecular complexity index is 708. The highest BCUT2D eigenvalue weighted by molar-refractivity contribution is 7.98. The van der Waals surface area contributed by atoms with Crippen molar-refractivity contribution in [3.05, 3.63) is 54.0 Å². The van der Waals surface area contributed by atoms with Crippen LogP contribution >= 0.6 is 24.2 Å². The Morgan fingerprint density at radius 3 is 2.50 bits per heavy atom. The number of carbonyl (C=O) groups excluding carboxylic acids is 1. The van der Waals surface area contributed by atoms with Gasteiger partial charge in [0, 0.05) is 29.3 Å². The Kier molecular flexibility index (Phi) is 6.68. The number of hydrogen-bond acceptors (Lipinski definition) is 4. The number of carbonyl (C=O) groups is 1. The lowest BCUT2D eigenvalue weighted by Gasteiger charge is -2.20. The van der Waals surface area contributed by atoms with Gasteiger partial charge in [-0.25, -0.2) is 0 Å². The number of likely N-dealkylation sites (tertiary alicyclic amines) is 1. The van der Waals surface area contributed by atoms with Crippen molar-refractivity contribution in [2.75, 3.05) is 26.2 Å². The molecule has 2 aromatic rings. The Morgan fingerprint density at radius 1 is 1.12 bits per heavy atom. The van der Waals surface area contributed by atoms with Crippen LogP contribution < -0.4 is 5.32 Å². The predicted molar refractivity (Wildman–Crippen MR) is 107 cm³/mol. The number of nitrogens with zero attached hydrogens (tertiary/aromatic N) is 1. The first kappa shape index (κ1) is 19.3. The third kappa shape index (κ3) is 4.27. The maximum atomic E-state index is 13.0. The van der Waals surface area contributed by atoms with E-state index in [-0.39, 0.29) is 18.3 Å². The highest BCUT2D eigenvalue weighted by Crippen LogP contribution is 2.29. The zero-order valence-electron chi connectivity index (χ0n) is 14.7. The summed E-state index contributed by atoms with van der Waals surface area (Å²) in [5.74, 6) is 2.78. The zero-order valence-corrected chi connectivity index (χ0v) is 16.4. The second-order valence-electron chi connectivity index (χ2n) is 6.92. The summed E-state index contributed by atoms with van der Waals surface area (Å²) < 4.78 is 5.59. The number of fused-ring (bicyclic) bond motifs is 1. The third-order valence-electron chi connectivity index (χ3n) is 5.39. The largest absolute Gasteiger partial charge is 0.459 e. The van der Waals surface area contributed by atoms with Crippen LogP contribution in [0.15, 0.2) is 52.0 Å². The topological polar surface area (TPSA) is 45.5 Å². The predicted octanol–water partition coefficient (Wildman–Crippen LogP) is 4.07. The summed E-state index contributed by atoms with van der Waals surface area (Å²) in [6.07, 6.45) is 3.83. The van der Waals surface area contributed by atoms with E-state index in [1.807, 2.05) is 29.2 Å². The second kappa shape index (κ2) is 8.98. The van der Waals surface area contributed by atoms with Crippen molar-refractivity contribution in [2.45, 2.75) is 23.5 Å². The van der Waals surface area contributed by atoms with Crippen molar-refractivity contribution < 1.29 is 9.21 Å². The molecule has 2 saturated heterocycles. The minimum Gasteiger partial charge on any atom is -0.459 e. The molecule has 1 aromatic heterocycles. The molecule has 0 unspecified atom stereocenters. The molecule has 1 aromatic carbocycles. The van der Waals surface area contributed by atoms with Gasteiger partial charge in [0.05, 0.1) is 6.26 Å². The molecule has 6 heteroatoms. The van der Waals surface area contributed by atoms with Gasteiger partial charge < -0.3 is 14.6 Å². The molecule has 2 fully saturated rings. The number of thioether (sulfide) groups is 1. The molecular weight excluding hydrogens is 368 g/mol. The van der Waals surface area contributed by atoms with Gasteiger partial charge >= 0.3 is 0 Å². The van der Waals surface area contributed by atoms with Crippen LogP contribution in [0, 0.1) is 11.8 Å². The molecular formula is C20H25ClN2O2S. The fourth-order valence-corrected chi connectivity index (χ4v) is 4.78. The Hall–Kier alpha value is -1.43. The minimum absolute atomic E-state index is 0. The second-order valence-corrected chi connectivity index (χ2v) is 7.97.